The van der Waals surface area contributed by atoms with E-state index in [-0.39, 0.29) is 12.2 Å². The van der Waals surface area contributed by atoms with E-state index < -0.39 is 22.7 Å². The van der Waals surface area contributed by atoms with Crippen molar-refractivity contribution < 1.29 is 22.7 Å². The highest BCUT2D eigenvalue weighted by Gasteiger charge is 2.33. The SMILES string of the molecule is COc1ccccc1-c1nc(CN(C)CC(=O)Nc2ccc(Cl)c(C(F)(F)F)c2)cs1. The first kappa shape index (κ1) is 23.1. The fourth-order valence-electron chi connectivity index (χ4n) is 2.92. The Morgan fingerprint density at radius 1 is 1.26 bits per heavy atom. The summed E-state index contributed by atoms with van der Waals surface area (Å²) in [5, 5.41) is 4.74. The second-order valence-corrected chi connectivity index (χ2v) is 8.02. The Labute approximate surface area is 186 Å². The number of para-hydroxylation sites is 1. The lowest BCUT2D eigenvalue weighted by Crippen LogP contribution is -2.30. The molecule has 3 rings (SSSR count). The number of nitrogens with zero attached hydrogens (tertiary/aromatic N) is 2. The summed E-state index contributed by atoms with van der Waals surface area (Å²) in [5.74, 6) is 0.274. The molecule has 5 nitrogen and oxygen atoms in total. The summed E-state index contributed by atoms with van der Waals surface area (Å²) in [5.41, 5.74) is 0.686. The Hall–Kier alpha value is -2.62. The summed E-state index contributed by atoms with van der Waals surface area (Å²) in [7, 11) is 3.32. The van der Waals surface area contributed by atoms with E-state index in [0.29, 0.717) is 6.54 Å². The fraction of sp³-hybridized carbons (Fsp3) is 0.238. The van der Waals surface area contributed by atoms with E-state index >= 15 is 0 Å². The molecule has 31 heavy (non-hydrogen) atoms. The molecule has 0 radical (unpaired) electrons. The number of halogens is 4. The van der Waals surface area contributed by atoms with Gasteiger partial charge in [-0.25, -0.2) is 4.98 Å². The van der Waals surface area contributed by atoms with Crippen LogP contribution >= 0.6 is 22.9 Å². The van der Waals surface area contributed by atoms with Gasteiger partial charge < -0.3 is 10.1 Å². The zero-order chi connectivity index (χ0) is 22.6. The molecule has 2 aromatic carbocycles. The number of nitrogens with one attached hydrogen (secondary N) is 1. The zero-order valence-electron chi connectivity index (χ0n) is 16.7. The zero-order valence-corrected chi connectivity index (χ0v) is 18.2. The van der Waals surface area contributed by atoms with E-state index in [1.165, 1.54) is 17.4 Å². The summed E-state index contributed by atoms with van der Waals surface area (Å²) < 4.78 is 44.3. The molecular formula is C21H19ClF3N3O2S. The molecular weight excluding hydrogens is 451 g/mol. The van der Waals surface area contributed by atoms with Crippen LogP contribution in [0.1, 0.15) is 11.3 Å². The highest BCUT2D eigenvalue weighted by molar-refractivity contribution is 7.13. The number of ether oxygens (including phenoxy) is 1. The standard InChI is InChI=1S/C21H19ClF3N3O2S/c1-28(10-14-12-31-20(27-14)15-5-3-4-6-18(15)30-2)11-19(29)26-13-7-8-17(22)16(9-13)21(23,24)25/h3-9,12H,10-11H2,1-2H3,(H,26,29). The third-order valence-electron chi connectivity index (χ3n) is 4.29. The van der Waals surface area contributed by atoms with E-state index in [4.69, 9.17) is 16.3 Å². The molecule has 1 N–H and O–H groups in total. The Balaban J connectivity index is 1.61. The molecule has 0 aliphatic rings. The molecule has 0 fully saturated rings. The van der Waals surface area contributed by atoms with Crippen molar-refractivity contribution in [2.24, 2.45) is 0 Å². The van der Waals surface area contributed by atoms with Crippen LogP contribution in [0.2, 0.25) is 5.02 Å². The maximum atomic E-state index is 13.0. The van der Waals surface area contributed by atoms with E-state index in [1.54, 1.807) is 19.1 Å². The van der Waals surface area contributed by atoms with Crippen molar-refractivity contribution >= 4 is 34.5 Å². The van der Waals surface area contributed by atoms with Crippen LogP contribution in [0.5, 0.6) is 5.75 Å². The summed E-state index contributed by atoms with van der Waals surface area (Å²) in [6, 6.07) is 10.8. The first-order valence-electron chi connectivity index (χ1n) is 9.10. The van der Waals surface area contributed by atoms with Gasteiger partial charge in [-0.1, -0.05) is 23.7 Å². The maximum absolute atomic E-state index is 13.0. The molecule has 0 unspecified atom stereocenters. The Bertz CT molecular complexity index is 1070. The monoisotopic (exact) mass is 469 g/mol. The van der Waals surface area contributed by atoms with Crippen LogP contribution in [0.15, 0.2) is 47.8 Å². The molecule has 164 valence electrons. The van der Waals surface area contributed by atoms with E-state index in [9.17, 15) is 18.0 Å². The van der Waals surface area contributed by atoms with Crippen molar-refractivity contribution in [3.63, 3.8) is 0 Å². The van der Waals surface area contributed by atoms with Gasteiger partial charge in [0.05, 0.1) is 35.5 Å². The van der Waals surface area contributed by atoms with Gasteiger partial charge in [0, 0.05) is 17.6 Å². The van der Waals surface area contributed by atoms with Gasteiger partial charge in [0.15, 0.2) is 0 Å². The van der Waals surface area contributed by atoms with Gasteiger partial charge >= 0.3 is 6.18 Å². The molecule has 0 atom stereocenters. The number of rotatable bonds is 7. The molecule has 1 aromatic heterocycles. The van der Waals surface area contributed by atoms with Gasteiger partial charge in [0.2, 0.25) is 5.91 Å². The summed E-state index contributed by atoms with van der Waals surface area (Å²) in [6.07, 6.45) is -4.60. The number of likely N-dealkylation sites (N-methyl/N-ethyl adjacent to an activating group) is 1. The van der Waals surface area contributed by atoms with Gasteiger partial charge in [-0.2, -0.15) is 13.2 Å². The average Bonchev–Trinajstić information content (AvgIpc) is 3.16. The number of carbonyl (C=O) groups is 1. The normalized spacial score (nSPS) is 11.6. The highest BCUT2D eigenvalue weighted by atomic mass is 35.5. The van der Waals surface area contributed by atoms with Gasteiger partial charge in [-0.3, -0.25) is 9.69 Å². The molecule has 0 aliphatic heterocycles. The minimum Gasteiger partial charge on any atom is -0.496 e. The van der Waals surface area contributed by atoms with Crippen molar-refractivity contribution in [1.82, 2.24) is 9.88 Å². The third kappa shape index (κ3) is 5.96. The molecule has 0 spiro atoms. The van der Waals surface area contributed by atoms with Gasteiger partial charge in [-0.05, 0) is 37.4 Å². The van der Waals surface area contributed by atoms with Crippen LogP contribution in [0.4, 0.5) is 18.9 Å². The predicted molar refractivity (Wildman–Crippen MR) is 116 cm³/mol. The number of benzene rings is 2. The molecule has 10 heteroatoms. The first-order valence-corrected chi connectivity index (χ1v) is 10.4. The summed E-state index contributed by atoms with van der Waals surface area (Å²) >= 11 is 7.07. The topological polar surface area (TPSA) is 54.5 Å². The summed E-state index contributed by atoms with van der Waals surface area (Å²) in [4.78, 5) is 18.6. The van der Waals surface area contributed by atoms with E-state index in [2.05, 4.69) is 10.3 Å². The Morgan fingerprint density at radius 2 is 2.00 bits per heavy atom. The fourth-order valence-corrected chi connectivity index (χ4v) is 3.99. The van der Waals surface area contributed by atoms with Crippen molar-refractivity contribution in [3.05, 3.63) is 64.1 Å². The van der Waals surface area contributed by atoms with Crippen molar-refractivity contribution in [3.8, 4) is 16.3 Å². The molecule has 0 bridgehead atoms. The van der Waals surface area contributed by atoms with Gasteiger partial charge in [0.1, 0.15) is 10.8 Å². The van der Waals surface area contributed by atoms with E-state index in [1.807, 2.05) is 29.6 Å². The van der Waals surface area contributed by atoms with Crippen LogP contribution in [0.3, 0.4) is 0 Å². The molecule has 0 saturated heterocycles. The lowest BCUT2D eigenvalue weighted by Gasteiger charge is -2.16. The number of thiazole rings is 1. The summed E-state index contributed by atoms with van der Waals surface area (Å²) in [6.45, 7) is 0.374. The van der Waals surface area contributed by atoms with Crippen LogP contribution in [-0.2, 0) is 17.5 Å². The lowest BCUT2D eigenvalue weighted by molar-refractivity contribution is -0.137. The third-order valence-corrected chi connectivity index (χ3v) is 5.54. The molecule has 1 amide bonds. The lowest BCUT2D eigenvalue weighted by atomic mass is 10.2. The number of anilines is 1. The molecule has 1 heterocycles. The second kappa shape index (κ2) is 9.67. The number of hydrogen-bond acceptors (Lipinski definition) is 5. The minimum absolute atomic E-state index is 0.0223. The number of carbonyl (C=O) groups excluding carboxylic acids is 1. The van der Waals surface area contributed by atoms with Crippen molar-refractivity contribution in [2.75, 3.05) is 26.0 Å². The molecule has 0 saturated carbocycles. The number of aromatic nitrogens is 1. The first-order chi connectivity index (χ1) is 14.7. The van der Waals surface area contributed by atoms with Crippen LogP contribution in [0, 0.1) is 0 Å². The van der Waals surface area contributed by atoms with Crippen molar-refractivity contribution in [2.45, 2.75) is 12.7 Å². The maximum Gasteiger partial charge on any atom is 0.417 e. The number of methoxy groups -OCH3 is 1. The van der Waals surface area contributed by atoms with E-state index in [0.717, 1.165) is 34.1 Å². The van der Waals surface area contributed by atoms with Gasteiger partial charge in [-0.15, -0.1) is 11.3 Å². The predicted octanol–water partition coefficient (Wildman–Crippen LogP) is 5.56. The number of alkyl halides is 3. The molecule has 3 aromatic rings. The quantitative estimate of drug-likeness (QED) is 0.492. The smallest absolute Gasteiger partial charge is 0.417 e. The van der Waals surface area contributed by atoms with Crippen LogP contribution in [0.25, 0.3) is 10.6 Å². The second-order valence-electron chi connectivity index (χ2n) is 6.76. The Kier molecular flexibility index (Phi) is 7.19. The van der Waals surface area contributed by atoms with Crippen molar-refractivity contribution in [1.29, 1.82) is 0 Å². The minimum atomic E-state index is -4.60. The van der Waals surface area contributed by atoms with Gasteiger partial charge in [0.25, 0.3) is 0 Å². The van der Waals surface area contributed by atoms with Crippen LogP contribution < -0.4 is 10.1 Å². The van der Waals surface area contributed by atoms with Crippen LogP contribution in [-0.4, -0.2) is 36.5 Å². The average molecular weight is 470 g/mol. The number of amides is 1. The highest BCUT2D eigenvalue weighted by Crippen LogP contribution is 2.36. The molecule has 0 aliphatic carbocycles. The largest absolute Gasteiger partial charge is 0.496 e. The Morgan fingerprint density at radius 3 is 2.71 bits per heavy atom. The number of hydrogen-bond donors (Lipinski definition) is 1.